The highest BCUT2D eigenvalue weighted by Gasteiger charge is 2.55. The molecule has 0 aromatic rings. The molecule has 1 N–H and O–H groups in total. The lowest BCUT2D eigenvalue weighted by atomic mass is 9.50. The molecule has 1 nitrogen and oxygen atoms in total. The van der Waals surface area contributed by atoms with Crippen molar-refractivity contribution >= 4 is 12.4 Å². The summed E-state index contributed by atoms with van der Waals surface area (Å²) in [4.78, 5) is 0. The highest BCUT2D eigenvalue weighted by molar-refractivity contribution is 5.85. The molecule has 0 atom stereocenters. The first-order valence-corrected chi connectivity index (χ1v) is 3.60. The van der Waals surface area contributed by atoms with E-state index in [0.29, 0.717) is 5.54 Å². The second-order valence-corrected chi connectivity index (χ2v) is 3.29. The molecule has 0 unspecified atom stereocenters. The van der Waals surface area contributed by atoms with Crippen LogP contribution in [-0.2, 0) is 0 Å². The van der Waals surface area contributed by atoms with E-state index < -0.39 is 0 Å². The van der Waals surface area contributed by atoms with Gasteiger partial charge in [-0.3, -0.25) is 0 Å². The molecule has 54 valence electrons. The van der Waals surface area contributed by atoms with E-state index in [1.54, 1.807) is 0 Å². The molecule has 3 saturated carbocycles. The van der Waals surface area contributed by atoms with Crippen molar-refractivity contribution in [1.29, 1.82) is 0 Å². The Morgan fingerprint density at radius 1 is 1.44 bits per heavy atom. The summed E-state index contributed by atoms with van der Waals surface area (Å²) in [6.07, 6.45) is 4.42. The largest absolute Gasteiger partial charge is 0.311 e. The van der Waals surface area contributed by atoms with Gasteiger partial charge in [-0.2, -0.15) is 0 Å². The number of hydrogen-bond donors (Lipinski definition) is 1. The molecule has 2 heteroatoms. The van der Waals surface area contributed by atoms with Gasteiger partial charge in [0, 0.05) is 5.54 Å². The lowest BCUT2D eigenvalue weighted by Gasteiger charge is -2.62. The van der Waals surface area contributed by atoms with Crippen molar-refractivity contribution in [2.24, 2.45) is 5.92 Å². The van der Waals surface area contributed by atoms with Gasteiger partial charge in [-0.1, -0.05) is 6.92 Å². The van der Waals surface area contributed by atoms with Gasteiger partial charge in [0.15, 0.2) is 0 Å². The first kappa shape index (κ1) is 7.36. The lowest BCUT2D eigenvalue weighted by molar-refractivity contribution is -0.0490. The predicted molar refractivity (Wildman–Crippen MR) is 41.0 cm³/mol. The van der Waals surface area contributed by atoms with Crippen LogP contribution in [0.25, 0.3) is 0 Å². The maximum atomic E-state index is 3.52. The fourth-order valence-electron chi connectivity index (χ4n) is 2.07. The summed E-state index contributed by atoms with van der Waals surface area (Å²) in [5, 5.41) is 3.52. The van der Waals surface area contributed by atoms with Crippen LogP contribution in [-0.4, -0.2) is 12.1 Å². The highest BCUT2D eigenvalue weighted by Crippen LogP contribution is 2.56. The van der Waals surface area contributed by atoms with Crippen molar-refractivity contribution in [3.8, 4) is 0 Å². The van der Waals surface area contributed by atoms with E-state index in [4.69, 9.17) is 0 Å². The number of hydrogen-bond acceptors (Lipinski definition) is 1. The van der Waals surface area contributed by atoms with Crippen LogP contribution >= 0.6 is 12.4 Å². The summed E-state index contributed by atoms with van der Waals surface area (Å²) >= 11 is 0. The third-order valence-corrected chi connectivity index (χ3v) is 2.59. The minimum absolute atomic E-state index is 0. The summed E-state index contributed by atoms with van der Waals surface area (Å²) in [5.74, 6) is 1.12. The quantitative estimate of drug-likeness (QED) is 0.626. The zero-order chi connectivity index (χ0) is 5.61. The Kier molecular flexibility index (Phi) is 1.75. The summed E-state index contributed by atoms with van der Waals surface area (Å²) in [5.41, 5.74) is 0.666. The van der Waals surface area contributed by atoms with Crippen LogP contribution in [0.3, 0.4) is 0 Å². The molecule has 9 heavy (non-hydrogen) atoms. The van der Waals surface area contributed by atoms with E-state index in [2.05, 4.69) is 12.2 Å². The third-order valence-electron chi connectivity index (χ3n) is 2.59. The van der Waals surface area contributed by atoms with E-state index in [9.17, 15) is 0 Å². The Bertz CT molecular complexity index is 96.5. The molecule has 0 aromatic carbocycles. The second-order valence-electron chi connectivity index (χ2n) is 3.29. The molecular formula is C7H14ClN. The minimum atomic E-state index is 0. The number of rotatable bonds is 2. The van der Waals surface area contributed by atoms with Crippen LogP contribution in [0.1, 0.15) is 26.2 Å². The molecule has 2 bridgehead atoms. The van der Waals surface area contributed by atoms with Gasteiger partial charge in [0.1, 0.15) is 0 Å². The van der Waals surface area contributed by atoms with E-state index in [0.717, 1.165) is 12.5 Å². The van der Waals surface area contributed by atoms with E-state index in [-0.39, 0.29) is 12.4 Å². The van der Waals surface area contributed by atoms with Crippen LogP contribution in [0.2, 0.25) is 0 Å². The summed E-state index contributed by atoms with van der Waals surface area (Å²) in [7, 11) is 0. The highest BCUT2D eigenvalue weighted by atomic mass is 35.5. The van der Waals surface area contributed by atoms with Gasteiger partial charge in [-0.25, -0.2) is 0 Å². The van der Waals surface area contributed by atoms with Crippen molar-refractivity contribution in [1.82, 2.24) is 5.32 Å². The molecule has 3 rings (SSSR count). The van der Waals surface area contributed by atoms with Crippen molar-refractivity contribution in [2.45, 2.75) is 31.7 Å². The minimum Gasteiger partial charge on any atom is -0.311 e. The molecule has 0 amide bonds. The normalized spacial score (nSPS) is 44.3. The van der Waals surface area contributed by atoms with Gasteiger partial charge in [-0.05, 0) is 31.7 Å². The zero-order valence-corrected chi connectivity index (χ0v) is 6.63. The molecule has 0 spiro atoms. The first-order chi connectivity index (χ1) is 3.85. The maximum Gasteiger partial charge on any atom is 0.0189 e. The molecule has 0 radical (unpaired) electrons. The Labute approximate surface area is 62.6 Å². The van der Waals surface area contributed by atoms with Crippen molar-refractivity contribution in [2.75, 3.05) is 6.54 Å². The predicted octanol–water partition coefficient (Wildman–Crippen LogP) is 1.57. The second kappa shape index (κ2) is 2.14. The third kappa shape index (κ3) is 0.870. The van der Waals surface area contributed by atoms with Gasteiger partial charge < -0.3 is 5.32 Å². The average molecular weight is 148 g/mol. The Hall–Kier alpha value is 0.250. The van der Waals surface area contributed by atoms with Crippen molar-refractivity contribution < 1.29 is 0 Å². The van der Waals surface area contributed by atoms with Crippen LogP contribution in [0.4, 0.5) is 0 Å². The van der Waals surface area contributed by atoms with Gasteiger partial charge >= 0.3 is 0 Å². The molecule has 0 saturated heterocycles. The summed E-state index contributed by atoms with van der Waals surface area (Å²) in [6.45, 7) is 3.35. The zero-order valence-electron chi connectivity index (χ0n) is 5.81. The number of halogens is 1. The Balaban J connectivity index is 0.000000405. The van der Waals surface area contributed by atoms with Gasteiger partial charge in [0.2, 0.25) is 0 Å². The standard InChI is InChI=1S/C7H13N.ClH/c1-2-8-7-3-6(4-7)5-7;/h6,8H,2-5H2,1H3;1H. The van der Waals surface area contributed by atoms with E-state index in [1.165, 1.54) is 19.3 Å². The Morgan fingerprint density at radius 2 is 2.00 bits per heavy atom. The molecule has 0 aliphatic heterocycles. The van der Waals surface area contributed by atoms with Gasteiger partial charge in [0.05, 0.1) is 0 Å². The monoisotopic (exact) mass is 147 g/mol. The first-order valence-electron chi connectivity index (χ1n) is 3.60. The van der Waals surface area contributed by atoms with Gasteiger partial charge in [-0.15, -0.1) is 12.4 Å². The van der Waals surface area contributed by atoms with Crippen LogP contribution in [0, 0.1) is 5.92 Å². The SMILES string of the molecule is CCNC12CC(C1)C2.Cl. The average Bonchev–Trinajstić information content (AvgIpc) is 1.50. The lowest BCUT2D eigenvalue weighted by Crippen LogP contribution is -2.66. The molecular weight excluding hydrogens is 134 g/mol. The van der Waals surface area contributed by atoms with Crippen LogP contribution < -0.4 is 5.32 Å². The molecule has 3 aliphatic rings. The number of nitrogens with one attached hydrogen (secondary N) is 1. The van der Waals surface area contributed by atoms with Gasteiger partial charge in [0.25, 0.3) is 0 Å². The molecule has 0 aromatic heterocycles. The smallest absolute Gasteiger partial charge is 0.0189 e. The summed E-state index contributed by atoms with van der Waals surface area (Å²) in [6, 6.07) is 0. The maximum absolute atomic E-state index is 3.52. The molecule has 3 aliphatic carbocycles. The van der Waals surface area contributed by atoms with E-state index >= 15 is 0 Å². The van der Waals surface area contributed by atoms with Crippen LogP contribution in [0.15, 0.2) is 0 Å². The van der Waals surface area contributed by atoms with E-state index in [1.807, 2.05) is 0 Å². The Morgan fingerprint density at radius 3 is 2.11 bits per heavy atom. The fourth-order valence-corrected chi connectivity index (χ4v) is 2.07. The topological polar surface area (TPSA) is 12.0 Å². The van der Waals surface area contributed by atoms with Crippen molar-refractivity contribution in [3.05, 3.63) is 0 Å². The fraction of sp³-hybridized carbons (Fsp3) is 1.00. The van der Waals surface area contributed by atoms with Crippen molar-refractivity contribution in [3.63, 3.8) is 0 Å². The summed E-state index contributed by atoms with van der Waals surface area (Å²) < 4.78 is 0. The molecule has 3 fully saturated rings. The molecule has 0 heterocycles. The van der Waals surface area contributed by atoms with Crippen LogP contribution in [0.5, 0.6) is 0 Å².